The van der Waals surface area contributed by atoms with Crippen LogP contribution in [0.25, 0.3) is 21.9 Å². The predicted octanol–water partition coefficient (Wildman–Crippen LogP) is 2.67. The molecule has 5 nitrogen and oxygen atoms in total. The summed E-state index contributed by atoms with van der Waals surface area (Å²) in [6.45, 7) is 0. The average Bonchev–Trinajstić information content (AvgIpc) is 2.47. The molecule has 5 heteroatoms. The number of benzene rings is 2. The molecular weight excluding hydrogens is 260 g/mol. The van der Waals surface area contributed by atoms with Crippen LogP contribution in [0, 0.1) is 0 Å². The molecular formula is C15H12O5. The number of ether oxygens (including phenoxy) is 2. The zero-order chi connectivity index (χ0) is 14.3. The van der Waals surface area contributed by atoms with Crippen LogP contribution in [0.1, 0.15) is 0 Å². The van der Waals surface area contributed by atoms with Gasteiger partial charge in [-0.25, -0.2) is 0 Å². The van der Waals surface area contributed by atoms with E-state index in [-0.39, 0.29) is 11.2 Å². The summed E-state index contributed by atoms with van der Waals surface area (Å²) in [5.74, 6) is 0.956. The van der Waals surface area contributed by atoms with Gasteiger partial charge in [0.05, 0.1) is 25.0 Å². The zero-order valence-corrected chi connectivity index (χ0v) is 11.0. The van der Waals surface area contributed by atoms with Crippen LogP contribution < -0.4 is 14.9 Å². The van der Waals surface area contributed by atoms with E-state index in [1.54, 1.807) is 18.2 Å². The molecule has 3 rings (SSSR count). The topological polar surface area (TPSA) is 68.9 Å². The fourth-order valence-electron chi connectivity index (χ4n) is 2.17. The standard InChI is InChI=1S/C15H12O5/c1-18-13-6-10-12(7-14(13)19-2)20-11-4-3-8(16)5-9(11)15(10)17/h3-7,16H,1-2H3. The lowest BCUT2D eigenvalue weighted by molar-refractivity contribution is 0.355. The first kappa shape index (κ1) is 12.3. The third-order valence-electron chi connectivity index (χ3n) is 3.16. The van der Waals surface area contributed by atoms with Crippen molar-refractivity contribution in [3.8, 4) is 17.2 Å². The number of phenolic OH excluding ortho intramolecular Hbond substituents is 1. The highest BCUT2D eigenvalue weighted by Crippen LogP contribution is 2.32. The molecule has 0 saturated heterocycles. The van der Waals surface area contributed by atoms with Gasteiger partial charge in [-0.2, -0.15) is 0 Å². The molecule has 1 heterocycles. The SMILES string of the molecule is COc1cc2oc3ccc(O)cc3c(=O)c2cc1OC. The van der Waals surface area contributed by atoms with Crippen molar-refractivity contribution in [2.45, 2.75) is 0 Å². The molecule has 1 aromatic heterocycles. The summed E-state index contributed by atoms with van der Waals surface area (Å²) in [7, 11) is 3.01. The smallest absolute Gasteiger partial charge is 0.200 e. The van der Waals surface area contributed by atoms with Crippen molar-refractivity contribution in [1.82, 2.24) is 0 Å². The van der Waals surface area contributed by atoms with Crippen LogP contribution in [0.5, 0.6) is 17.2 Å². The number of fused-ring (bicyclic) bond motifs is 2. The van der Waals surface area contributed by atoms with E-state index in [1.165, 1.54) is 26.4 Å². The number of aromatic hydroxyl groups is 1. The normalized spacial score (nSPS) is 10.9. The van der Waals surface area contributed by atoms with Crippen molar-refractivity contribution in [2.24, 2.45) is 0 Å². The summed E-state index contributed by atoms with van der Waals surface area (Å²) in [4.78, 5) is 12.4. The van der Waals surface area contributed by atoms with Crippen LogP contribution in [0.2, 0.25) is 0 Å². The lowest BCUT2D eigenvalue weighted by atomic mass is 10.1. The minimum absolute atomic E-state index is 0.0182. The Hall–Kier alpha value is -2.69. The van der Waals surface area contributed by atoms with Gasteiger partial charge in [0, 0.05) is 6.07 Å². The number of hydrogen-bond acceptors (Lipinski definition) is 5. The lowest BCUT2D eigenvalue weighted by Gasteiger charge is -2.09. The van der Waals surface area contributed by atoms with Crippen LogP contribution >= 0.6 is 0 Å². The zero-order valence-electron chi connectivity index (χ0n) is 11.0. The van der Waals surface area contributed by atoms with E-state index in [0.29, 0.717) is 33.4 Å². The maximum absolute atomic E-state index is 12.4. The van der Waals surface area contributed by atoms with Gasteiger partial charge >= 0.3 is 0 Å². The second-order valence-electron chi connectivity index (χ2n) is 4.31. The largest absolute Gasteiger partial charge is 0.508 e. The molecule has 0 fully saturated rings. The molecule has 0 unspecified atom stereocenters. The molecule has 3 aromatic rings. The summed E-state index contributed by atoms with van der Waals surface area (Å²) >= 11 is 0. The summed E-state index contributed by atoms with van der Waals surface area (Å²) in [5.41, 5.74) is 0.594. The monoisotopic (exact) mass is 272 g/mol. The van der Waals surface area contributed by atoms with Gasteiger partial charge in [0.2, 0.25) is 5.43 Å². The number of hydrogen-bond donors (Lipinski definition) is 1. The minimum Gasteiger partial charge on any atom is -0.508 e. The fourth-order valence-corrected chi connectivity index (χ4v) is 2.17. The van der Waals surface area contributed by atoms with Crippen molar-refractivity contribution in [3.63, 3.8) is 0 Å². The van der Waals surface area contributed by atoms with Gasteiger partial charge in [-0.05, 0) is 24.3 Å². The van der Waals surface area contributed by atoms with Crippen LogP contribution in [0.3, 0.4) is 0 Å². The maximum atomic E-state index is 12.4. The van der Waals surface area contributed by atoms with E-state index in [4.69, 9.17) is 13.9 Å². The van der Waals surface area contributed by atoms with Gasteiger partial charge in [0.15, 0.2) is 11.5 Å². The minimum atomic E-state index is -0.224. The summed E-state index contributed by atoms with van der Waals surface area (Å²) < 4.78 is 16.0. The Morgan fingerprint density at radius 2 is 1.60 bits per heavy atom. The first-order chi connectivity index (χ1) is 9.63. The molecule has 0 radical (unpaired) electrons. The Morgan fingerprint density at radius 1 is 0.950 bits per heavy atom. The van der Waals surface area contributed by atoms with E-state index in [9.17, 15) is 9.90 Å². The molecule has 102 valence electrons. The fraction of sp³-hybridized carbons (Fsp3) is 0.133. The van der Waals surface area contributed by atoms with Gasteiger partial charge in [-0.15, -0.1) is 0 Å². The molecule has 2 aromatic carbocycles. The van der Waals surface area contributed by atoms with Gasteiger partial charge in [0.25, 0.3) is 0 Å². The van der Waals surface area contributed by atoms with Crippen LogP contribution in [-0.2, 0) is 0 Å². The van der Waals surface area contributed by atoms with Crippen molar-refractivity contribution in [3.05, 3.63) is 40.6 Å². The second-order valence-corrected chi connectivity index (χ2v) is 4.31. The van der Waals surface area contributed by atoms with E-state index in [1.807, 2.05) is 0 Å². The van der Waals surface area contributed by atoms with Crippen molar-refractivity contribution < 1.29 is 19.0 Å². The highest BCUT2D eigenvalue weighted by molar-refractivity contribution is 5.91. The lowest BCUT2D eigenvalue weighted by Crippen LogP contribution is -2.03. The van der Waals surface area contributed by atoms with E-state index in [0.717, 1.165) is 0 Å². The Balaban J connectivity index is 2.47. The summed E-state index contributed by atoms with van der Waals surface area (Å²) in [5, 5.41) is 10.2. The Kier molecular flexibility index (Phi) is 2.75. The molecule has 0 bridgehead atoms. The number of methoxy groups -OCH3 is 2. The van der Waals surface area contributed by atoms with E-state index >= 15 is 0 Å². The summed E-state index contributed by atoms with van der Waals surface area (Å²) in [6, 6.07) is 7.60. The third kappa shape index (κ3) is 1.75. The number of rotatable bonds is 2. The van der Waals surface area contributed by atoms with E-state index in [2.05, 4.69) is 0 Å². The van der Waals surface area contributed by atoms with Gasteiger partial charge in [0.1, 0.15) is 16.9 Å². The molecule has 1 N–H and O–H groups in total. The quantitative estimate of drug-likeness (QED) is 0.726. The highest BCUT2D eigenvalue weighted by atomic mass is 16.5. The molecule has 20 heavy (non-hydrogen) atoms. The van der Waals surface area contributed by atoms with E-state index < -0.39 is 0 Å². The van der Waals surface area contributed by atoms with Crippen LogP contribution in [-0.4, -0.2) is 19.3 Å². The highest BCUT2D eigenvalue weighted by Gasteiger charge is 2.13. The van der Waals surface area contributed by atoms with Gasteiger partial charge < -0.3 is 19.0 Å². The molecule has 0 aliphatic rings. The second kappa shape index (κ2) is 4.45. The Morgan fingerprint density at radius 3 is 2.30 bits per heavy atom. The molecule has 0 spiro atoms. The number of phenols is 1. The van der Waals surface area contributed by atoms with Crippen molar-refractivity contribution >= 4 is 21.9 Å². The van der Waals surface area contributed by atoms with Crippen LogP contribution in [0.15, 0.2) is 39.5 Å². The molecule has 0 atom stereocenters. The molecule has 0 saturated carbocycles. The predicted molar refractivity (Wildman–Crippen MR) is 74.8 cm³/mol. The average molecular weight is 272 g/mol. The van der Waals surface area contributed by atoms with Crippen molar-refractivity contribution in [1.29, 1.82) is 0 Å². The third-order valence-corrected chi connectivity index (χ3v) is 3.16. The first-order valence-electron chi connectivity index (χ1n) is 5.95. The van der Waals surface area contributed by atoms with Crippen LogP contribution in [0.4, 0.5) is 0 Å². The first-order valence-corrected chi connectivity index (χ1v) is 5.95. The molecule has 0 aliphatic heterocycles. The molecule has 0 aliphatic carbocycles. The maximum Gasteiger partial charge on any atom is 0.200 e. The Labute approximate surface area is 114 Å². The van der Waals surface area contributed by atoms with Gasteiger partial charge in [-0.3, -0.25) is 4.79 Å². The molecule has 0 amide bonds. The summed E-state index contributed by atoms with van der Waals surface area (Å²) in [6.07, 6.45) is 0. The van der Waals surface area contributed by atoms with Crippen molar-refractivity contribution in [2.75, 3.05) is 14.2 Å². The van der Waals surface area contributed by atoms with Gasteiger partial charge in [-0.1, -0.05) is 0 Å². The Bertz CT molecular complexity index is 863.